The number of amides is 2. The molecule has 0 radical (unpaired) electrons. The molecule has 1 aromatic carbocycles. The van der Waals surface area contributed by atoms with E-state index in [4.69, 9.17) is 11.1 Å². The van der Waals surface area contributed by atoms with Crippen LogP contribution < -0.4 is 16.4 Å². The molecule has 0 spiro atoms. The molecule has 1 aliphatic carbocycles. The molecule has 5 N–H and O–H groups in total. The average molecular weight is 260 g/mol. The lowest BCUT2D eigenvalue weighted by molar-refractivity contribution is 0.244. The van der Waals surface area contributed by atoms with E-state index in [0.717, 1.165) is 36.9 Å². The van der Waals surface area contributed by atoms with Crippen LogP contribution in [0, 0.1) is 12.3 Å². The number of amidine groups is 1. The Balaban J connectivity index is 2.00. The lowest BCUT2D eigenvalue weighted by atomic mass is 9.96. The molecule has 1 aromatic rings. The zero-order valence-electron chi connectivity index (χ0n) is 11.1. The first kappa shape index (κ1) is 13.4. The summed E-state index contributed by atoms with van der Waals surface area (Å²) in [6.07, 6.45) is 3.46. The lowest BCUT2D eigenvalue weighted by Gasteiger charge is -2.28. The van der Waals surface area contributed by atoms with Crippen molar-refractivity contribution in [2.75, 3.05) is 5.32 Å². The number of urea groups is 1. The highest BCUT2D eigenvalue weighted by Crippen LogP contribution is 2.29. The Bertz CT molecular complexity index is 475. The number of rotatable bonds is 3. The van der Waals surface area contributed by atoms with Crippen LogP contribution in [0.15, 0.2) is 24.3 Å². The van der Waals surface area contributed by atoms with Crippen LogP contribution in [0.3, 0.4) is 0 Å². The molecular weight excluding hydrogens is 240 g/mol. The highest BCUT2D eigenvalue weighted by molar-refractivity contribution is 5.96. The minimum absolute atomic E-state index is 0.0454. The zero-order chi connectivity index (χ0) is 13.9. The average Bonchev–Trinajstić information content (AvgIpc) is 2.82. The molecule has 1 saturated carbocycles. The van der Waals surface area contributed by atoms with E-state index < -0.39 is 5.54 Å². The van der Waals surface area contributed by atoms with Crippen LogP contribution in [0.5, 0.6) is 0 Å². The van der Waals surface area contributed by atoms with E-state index in [-0.39, 0.29) is 11.9 Å². The second-order valence-corrected chi connectivity index (χ2v) is 5.15. The summed E-state index contributed by atoms with van der Waals surface area (Å²) < 4.78 is 0. The maximum Gasteiger partial charge on any atom is 0.320 e. The summed E-state index contributed by atoms with van der Waals surface area (Å²) in [6, 6.07) is 7.27. The molecule has 0 heterocycles. The second kappa shape index (κ2) is 5.30. The van der Waals surface area contributed by atoms with E-state index in [1.807, 2.05) is 31.2 Å². The minimum Gasteiger partial charge on any atom is -0.386 e. The fourth-order valence-corrected chi connectivity index (χ4v) is 2.46. The molecule has 2 amide bonds. The van der Waals surface area contributed by atoms with Crippen molar-refractivity contribution in [3.05, 3.63) is 29.8 Å². The van der Waals surface area contributed by atoms with Crippen LogP contribution in [0.1, 0.15) is 31.2 Å². The van der Waals surface area contributed by atoms with Gasteiger partial charge < -0.3 is 16.4 Å². The number of benzene rings is 1. The fourth-order valence-electron chi connectivity index (χ4n) is 2.46. The fraction of sp³-hybridized carbons (Fsp3) is 0.429. The predicted molar refractivity (Wildman–Crippen MR) is 76.4 cm³/mol. The number of carbonyl (C=O) groups is 1. The Labute approximate surface area is 113 Å². The molecule has 0 saturated heterocycles. The van der Waals surface area contributed by atoms with Crippen molar-refractivity contribution in [3.8, 4) is 0 Å². The molecule has 19 heavy (non-hydrogen) atoms. The molecule has 0 unspecified atom stereocenters. The van der Waals surface area contributed by atoms with Crippen molar-refractivity contribution in [3.63, 3.8) is 0 Å². The maximum atomic E-state index is 12.0. The summed E-state index contributed by atoms with van der Waals surface area (Å²) in [7, 11) is 0. The zero-order valence-corrected chi connectivity index (χ0v) is 11.1. The van der Waals surface area contributed by atoms with E-state index in [1.54, 1.807) is 0 Å². The molecule has 5 nitrogen and oxygen atoms in total. The van der Waals surface area contributed by atoms with Gasteiger partial charge in [-0.25, -0.2) is 4.79 Å². The normalized spacial score (nSPS) is 16.9. The highest BCUT2D eigenvalue weighted by Gasteiger charge is 2.38. The van der Waals surface area contributed by atoms with Crippen LogP contribution in [-0.4, -0.2) is 17.4 Å². The first-order chi connectivity index (χ1) is 9.02. The van der Waals surface area contributed by atoms with Crippen molar-refractivity contribution < 1.29 is 4.79 Å². The van der Waals surface area contributed by atoms with Crippen molar-refractivity contribution in [1.29, 1.82) is 5.41 Å². The van der Waals surface area contributed by atoms with Gasteiger partial charge in [0, 0.05) is 5.69 Å². The summed E-state index contributed by atoms with van der Waals surface area (Å²) in [5.41, 5.74) is 6.85. The van der Waals surface area contributed by atoms with E-state index in [1.165, 1.54) is 0 Å². The van der Waals surface area contributed by atoms with Crippen molar-refractivity contribution in [1.82, 2.24) is 5.32 Å². The minimum atomic E-state index is -0.658. The van der Waals surface area contributed by atoms with E-state index in [2.05, 4.69) is 10.6 Å². The standard InChI is InChI=1S/C14H20N4O/c1-10-4-6-11(7-5-10)17-13(19)18-14(12(15)16)8-2-3-9-14/h4-7H,2-3,8-9H2,1H3,(H3,15,16)(H2,17,18,19). The quantitative estimate of drug-likeness (QED) is 0.496. The van der Waals surface area contributed by atoms with Gasteiger partial charge in [0.1, 0.15) is 5.84 Å². The molecule has 0 bridgehead atoms. The van der Waals surface area contributed by atoms with Gasteiger partial charge in [0.05, 0.1) is 5.54 Å². The summed E-state index contributed by atoms with van der Waals surface area (Å²) in [5.74, 6) is 0.0454. The van der Waals surface area contributed by atoms with Gasteiger partial charge in [0.15, 0.2) is 0 Å². The molecular formula is C14H20N4O. The van der Waals surface area contributed by atoms with Crippen LogP contribution in [0.2, 0.25) is 0 Å². The van der Waals surface area contributed by atoms with E-state index in [9.17, 15) is 4.79 Å². The van der Waals surface area contributed by atoms with E-state index in [0.29, 0.717) is 0 Å². The predicted octanol–water partition coefficient (Wildman–Crippen LogP) is 2.37. The van der Waals surface area contributed by atoms with Gasteiger partial charge in [-0.3, -0.25) is 5.41 Å². The Morgan fingerprint density at radius 3 is 2.37 bits per heavy atom. The molecule has 1 fully saturated rings. The summed E-state index contributed by atoms with van der Waals surface area (Å²) in [6.45, 7) is 1.99. The van der Waals surface area contributed by atoms with E-state index >= 15 is 0 Å². The van der Waals surface area contributed by atoms with Crippen molar-refractivity contribution in [2.45, 2.75) is 38.1 Å². The Hall–Kier alpha value is -2.04. The molecule has 2 rings (SSSR count). The number of nitrogens with two attached hydrogens (primary N) is 1. The third-order valence-corrected chi connectivity index (χ3v) is 3.63. The smallest absolute Gasteiger partial charge is 0.320 e. The molecule has 102 valence electrons. The monoisotopic (exact) mass is 260 g/mol. The Kier molecular flexibility index (Phi) is 3.74. The van der Waals surface area contributed by atoms with Gasteiger partial charge in [-0.2, -0.15) is 0 Å². The van der Waals surface area contributed by atoms with Gasteiger partial charge in [-0.05, 0) is 31.9 Å². The molecule has 0 atom stereocenters. The Morgan fingerprint density at radius 2 is 1.84 bits per heavy atom. The lowest BCUT2D eigenvalue weighted by Crippen LogP contribution is -2.56. The number of aryl methyl sites for hydroxylation is 1. The topological polar surface area (TPSA) is 91.0 Å². The number of carbonyl (C=O) groups excluding carboxylic acids is 1. The number of hydrogen-bond acceptors (Lipinski definition) is 2. The van der Waals surface area contributed by atoms with Crippen LogP contribution in [-0.2, 0) is 0 Å². The number of nitrogens with one attached hydrogen (secondary N) is 3. The van der Waals surface area contributed by atoms with Crippen LogP contribution in [0.25, 0.3) is 0 Å². The highest BCUT2D eigenvalue weighted by atomic mass is 16.2. The van der Waals surface area contributed by atoms with Crippen LogP contribution >= 0.6 is 0 Å². The summed E-state index contributed by atoms with van der Waals surface area (Å²) >= 11 is 0. The van der Waals surface area contributed by atoms with Crippen molar-refractivity contribution >= 4 is 17.6 Å². The van der Waals surface area contributed by atoms with Gasteiger partial charge in [0.25, 0.3) is 0 Å². The summed E-state index contributed by atoms with van der Waals surface area (Å²) in [5, 5.41) is 13.3. The third kappa shape index (κ3) is 3.05. The van der Waals surface area contributed by atoms with Crippen LogP contribution in [0.4, 0.5) is 10.5 Å². The first-order valence-electron chi connectivity index (χ1n) is 6.52. The number of hydrogen-bond donors (Lipinski definition) is 4. The molecule has 0 aliphatic heterocycles. The summed E-state index contributed by atoms with van der Waals surface area (Å²) in [4.78, 5) is 12.0. The van der Waals surface area contributed by atoms with Gasteiger partial charge in [-0.15, -0.1) is 0 Å². The molecule has 0 aromatic heterocycles. The largest absolute Gasteiger partial charge is 0.386 e. The Morgan fingerprint density at radius 1 is 1.26 bits per heavy atom. The molecule has 5 heteroatoms. The number of anilines is 1. The molecule has 1 aliphatic rings. The van der Waals surface area contributed by atoms with Crippen molar-refractivity contribution in [2.24, 2.45) is 5.73 Å². The maximum absolute atomic E-state index is 12.0. The second-order valence-electron chi connectivity index (χ2n) is 5.15. The van der Waals surface area contributed by atoms with Gasteiger partial charge in [0.2, 0.25) is 0 Å². The SMILES string of the molecule is Cc1ccc(NC(=O)NC2(C(=N)N)CCCC2)cc1. The van der Waals surface area contributed by atoms with Gasteiger partial charge >= 0.3 is 6.03 Å². The van der Waals surface area contributed by atoms with Gasteiger partial charge in [-0.1, -0.05) is 30.5 Å². The third-order valence-electron chi connectivity index (χ3n) is 3.63. The first-order valence-corrected chi connectivity index (χ1v) is 6.52.